The van der Waals surface area contributed by atoms with E-state index in [0.717, 1.165) is 68.3 Å². The second-order valence-electron chi connectivity index (χ2n) is 16.8. The van der Waals surface area contributed by atoms with Gasteiger partial charge in [0.2, 0.25) is 0 Å². The number of carbonyl (C=O) groups is 6. The standard InChI is InChI=1S/C15H10O2.C11H9NO.C11H8O3.C11H8O2.2C7H6O4/c16-9-14-12-7-2-1-5-10(12)11-6-3-4-8-13(11)15(14)17;12-11-9(7-13)6-5-8-3-1-2-4-10(8)11;12-6-8-5-4-7-2-1-3-9(13)10(7)11(8)14;12-7-10-9-4-2-1-3-8(9)5-6-11(10)13;8-3-5-6(10)1-4(9)2-7(5)11;8-3-4-1-5(9)7(11)6(10)2-4/h1-9,17H;1-7H,12H2;1-6,13-14H;1-7,13H;2*1-3,9-11H. The molecule has 0 aliphatic carbocycles. The minimum atomic E-state index is -0.615. The lowest BCUT2D eigenvalue weighted by Gasteiger charge is -2.09. The van der Waals surface area contributed by atoms with Gasteiger partial charge in [0.05, 0.1) is 27.6 Å². The van der Waals surface area contributed by atoms with Crippen LogP contribution in [0.2, 0.25) is 0 Å². The zero-order chi connectivity index (χ0) is 57.3. The van der Waals surface area contributed by atoms with E-state index in [1.54, 1.807) is 30.3 Å². The van der Waals surface area contributed by atoms with E-state index in [0.29, 0.717) is 70.0 Å². The number of hydrogen-bond acceptors (Lipinski definition) is 17. The van der Waals surface area contributed by atoms with Crippen molar-refractivity contribution >= 4 is 97.3 Å². The normalized spacial score (nSPS) is 10.1. The summed E-state index contributed by atoms with van der Waals surface area (Å²) in [5.41, 5.74) is 7.70. The van der Waals surface area contributed by atoms with E-state index < -0.39 is 28.7 Å². The lowest BCUT2D eigenvalue weighted by molar-refractivity contribution is 0.111. The molecule has 0 atom stereocenters. The quantitative estimate of drug-likeness (QED) is 0.0319. The van der Waals surface area contributed by atoms with Gasteiger partial charge in [0.15, 0.2) is 48.7 Å². The molecule has 0 unspecified atom stereocenters. The molecule has 0 aliphatic heterocycles. The first-order valence-electron chi connectivity index (χ1n) is 23.3. The van der Waals surface area contributed by atoms with E-state index in [1.165, 1.54) is 18.2 Å². The van der Waals surface area contributed by atoms with Crippen molar-refractivity contribution in [2.24, 2.45) is 0 Å². The molecular formula is C62H47NO16. The van der Waals surface area contributed by atoms with Gasteiger partial charge < -0.3 is 56.8 Å². The Morgan fingerprint density at radius 3 is 1.30 bits per heavy atom. The van der Waals surface area contributed by atoms with E-state index in [1.807, 2.05) is 103 Å². The molecule has 0 bridgehead atoms. The summed E-state index contributed by atoms with van der Waals surface area (Å²) >= 11 is 0. The van der Waals surface area contributed by atoms with Crippen LogP contribution in [-0.2, 0) is 0 Å². The van der Waals surface area contributed by atoms with E-state index in [2.05, 4.69) is 0 Å². The highest BCUT2D eigenvalue weighted by Crippen LogP contribution is 2.38. The Hall–Kier alpha value is -11.5. The summed E-state index contributed by atoms with van der Waals surface area (Å²) < 4.78 is 0. The minimum Gasteiger partial charge on any atom is -0.508 e. The Kier molecular flexibility index (Phi) is 18.8. The van der Waals surface area contributed by atoms with Crippen molar-refractivity contribution < 1.29 is 79.8 Å². The molecule has 0 spiro atoms. The topological polar surface area (TPSA) is 331 Å². The second-order valence-corrected chi connectivity index (χ2v) is 16.8. The van der Waals surface area contributed by atoms with Gasteiger partial charge in [-0.1, -0.05) is 127 Å². The highest BCUT2D eigenvalue weighted by molar-refractivity contribution is 6.17. The van der Waals surface area contributed by atoms with Gasteiger partial charge in [0, 0.05) is 39.7 Å². The lowest BCUT2D eigenvalue weighted by Crippen LogP contribution is -1.93. The summed E-state index contributed by atoms with van der Waals surface area (Å²) in [4.78, 5) is 63.2. The van der Waals surface area contributed by atoms with Gasteiger partial charge in [0.1, 0.15) is 46.5 Å². The summed E-state index contributed by atoms with van der Waals surface area (Å²) in [6, 6.07) is 49.5. The SMILES string of the molecule is Nc1c(C=O)ccc2ccccc12.O=Cc1c(O)c2ccccc2c2ccccc12.O=Cc1c(O)cc(O)cc1O.O=Cc1c(O)ccc2ccccc12.O=Cc1cc(O)c(O)c(O)c1.O=Cc1ccc2cccc(O)c2c1O. The molecule has 11 aromatic carbocycles. The van der Waals surface area contributed by atoms with E-state index >= 15 is 0 Å². The lowest BCUT2D eigenvalue weighted by atomic mass is 9.97. The van der Waals surface area contributed by atoms with Crippen molar-refractivity contribution in [3.63, 3.8) is 0 Å². The Labute approximate surface area is 448 Å². The molecule has 17 heteroatoms. The van der Waals surface area contributed by atoms with E-state index in [4.69, 9.17) is 36.4 Å². The van der Waals surface area contributed by atoms with Crippen LogP contribution in [0, 0.1) is 0 Å². The average Bonchev–Trinajstić information content (AvgIpc) is 3.50. The number of aldehydes is 6. The van der Waals surface area contributed by atoms with Gasteiger partial charge in [-0.25, -0.2) is 0 Å². The number of benzene rings is 11. The minimum absolute atomic E-state index is 0.0244. The number of nitrogen functional groups attached to an aromatic ring is 1. The third kappa shape index (κ3) is 13.1. The largest absolute Gasteiger partial charge is 0.508 e. The molecule has 12 N–H and O–H groups in total. The van der Waals surface area contributed by atoms with Crippen LogP contribution in [0.4, 0.5) is 5.69 Å². The van der Waals surface area contributed by atoms with Crippen molar-refractivity contribution in [3.8, 4) is 57.5 Å². The molecule has 11 aromatic rings. The maximum Gasteiger partial charge on any atom is 0.200 e. The molecule has 0 heterocycles. The number of rotatable bonds is 6. The van der Waals surface area contributed by atoms with Crippen molar-refractivity contribution in [2.75, 3.05) is 5.73 Å². The number of phenols is 10. The fraction of sp³-hybridized carbons (Fsp3) is 0. The highest BCUT2D eigenvalue weighted by atomic mass is 16.3. The van der Waals surface area contributed by atoms with E-state index in [9.17, 15) is 49.2 Å². The molecule has 0 aliphatic rings. The van der Waals surface area contributed by atoms with Gasteiger partial charge in [-0.15, -0.1) is 0 Å². The van der Waals surface area contributed by atoms with Crippen LogP contribution in [-0.4, -0.2) is 88.8 Å². The fourth-order valence-electron chi connectivity index (χ4n) is 7.97. The van der Waals surface area contributed by atoms with Gasteiger partial charge in [-0.2, -0.15) is 0 Å². The molecule has 0 aromatic heterocycles. The zero-order valence-electron chi connectivity index (χ0n) is 41.2. The number of aromatic hydroxyl groups is 10. The van der Waals surface area contributed by atoms with Gasteiger partial charge >= 0.3 is 0 Å². The van der Waals surface area contributed by atoms with Crippen LogP contribution in [0.5, 0.6) is 57.5 Å². The van der Waals surface area contributed by atoms with Gasteiger partial charge in [-0.05, 0) is 74.1 Å². The molecule has 396 valence electrons. The zero-order valence-corrected chi connectivity index (χ0v) is 41.2. The molecule has 0 amide bonds. The van der Waals surface area contributed by atoms with Crippen molar-refractivity contribution in [3.05, 3.63) is 209 Å². The van der Waals surface area contributed by atoms with Crippen LogP contribution in [0.25, 0.3) is 53.9 Å². The Morgan fingerprint density at radius 1 is 0.291 bits per heavy atom. The second kappa shape index (κ2) is 26.2. The third-order valence-electron chi connectivity index (χ3n) is 11.9. The summed E-state index contributed by atoms with van der Waals surface area (Å²) in [7, 11) is 0. The predicted molar refractivity (Wildman–Crippen MR) is 300 cm³/mol. The number of phenolic OH excluding ortho intramolecular Hbond substituents is 10. The van der Waals surface area contributed by atoms with Crippen LogP contribution in [0.15, 0.2) is 176 Å². The Morgan fingerprint density at radius 2 is 0.747 bits per heavy atom. The maximum absolute atomic E-state index is 11.1. The first-order valence-corrected chi connectivity index (χ1v) is 23.3. The van der Waals surface area contributed by atoms with Gasteiger partial charge in [-0.3, -0.25) is 28.8 Å². The summed E-state index contributed by atoms with van der Waals surface area (Å²) in [6.07, 6.45) is 3.49. The smallest absolute Gasteiger partial charge is 0.200 e. The Bertz CT molecular complexity index is 4030. The molecule has 11 rings (SSSR count). The van der Waals surface area contributed by atoms with E-state index in [-0.39, 0.29) is 45.4 Å². The monoisotopic (exact) mass is 1060 g/mol. The predicted octanol–water partition coefficient (Wildman–Crippen LogP) is 11.4. The van der Waals surface area contributed by atoms with Crippen LogP contribution >= 0.6 is 0 Å². The number of nitrogens with two attached hydrogens (primary N) is 1. The molecule has 0 fully saturated rings. The molecular weight excluding hydrogens is 1010 g/mol. The molecule has 0 radical (unpaired) electrons. The first kappa shape index (κ1) is 56.8. The van der Waals surface area contributed by atoms with Crippen molar-refractivity contribution in [1.82, 2.24) is 0 Å². The number of hydrogen-bond donors (Lipinski definition) is 11. The fourth-order valence-corrected chi connectivity index (χ4v) is 7.97. The van der Waals surface area contributed by atoms with Crippen LogP contribution in [0.3, 0.4) is 0 Å². The molecule has 17 nitrogen and oxygen atoms in total. The number of carbonyl (C=O) groups excluding carboxylic acids is 6. The summed E-state index contributed by atoms with van der Waals surface area (Å²) in [5.74, 6) is -2.88. The molecule has 0 saturated heterocycles. The summed E-state index contributed by atoms with van der Waals surface area (Å²) in [6.45, 7) is 0. The van der Waals surface area contributed by atoms with Gasteiger partial charge in [0.25, 0.3) is 0 Å². The molecule has 79 heavy (non-hydrogen) atoms. The Balaban J connectivity index is 0.000000154. The van der Waals surface area contributed by atoms with Crippen LogP contribution < -0.4 is 5.73 Å². The summed E-state index contributed by atoms with van der Waals surface area (Å²) in [5, 5.41) is 100.0. The third-order valence-corrected chi connectivity index (χ3v) is 11.9. The van der Waals surface area contributed by atoms with Crippen molar-refractivity contribution in [2.45, 2.75) is 0 Å². The highest BCUT2D eigenvalue weighted by Gasteiger charge is 2.13. The maximum atomic E-state index is 11.1. The molecule has 0 saturated carbocycles. The first-order chi connectivity index (χ1) is 38.0. The average molecular weight is 1060 g/mol. The van der Waals surface area contributed by atoms with Crippen LogP contribution in [0.1, 0.15) is 62.1 Å². The number of anilines is 1. The number of fused-ring (bicyclic) bond motifs is 6. The van der Waals surface area contributed by atoms with Crippen molar-refractivity contribution in [1.29, 1.82) is 0 Å².